The lowest BCUT2D eigenvalue weighted by atomic mass is 10.0. The van der Waals surface area contributed by atoms with E-state index in [-0.39, 0.29) is 23.3 Å². The van der Waals surface area contributed by atoms with Gasteiger partial charge >= 0.3 is 0 Å². The molecule has 6 nitrogen and oxygen atoms in total. The third-order valence-corrected chi connectivity index (χ3v) is 5.26. The molecule has 2 heterocycles. The predicted molar refractivity (Wildman–Crippen MR) is 106 cm³/mol. The SMILES string of the molecule is Cc1ncc(C(=O)N2CCCN(Cc3ccc(F)cc3)[C@@H](C(C)C)C2)c(=O)[nH]1. The number of aryl methyl sites for hydroxylation is 1. The molecule has 0 saturated carbocycles. The molecule has 0 bridgehead atoms. The van der Waals surface area contributed by atoms with Crippen LogP contribution in [-0.2, 0) is 6.54 Å². The van der Waals surface area contributed by atoms with E-state index in [9.17, 15) is 14.0 Å². The lowest BCUT2D eigenvalue weighted by Gasteiger charge is -2.34. The highest BCUT2D eigenvalue weighted by atomic mass is 19.1. The molecule has 0 spiro atoms. The number of carbonyl (C=O) groups excluding carboxylic acids is 1. The van der Waals surface area contributed by atoms with Gasteiger partial charge in [-0.05, 0) is 37.0 Å². The van der Waals surface area contributed by atoms with E-state index in [1.54, 1.807) is 24.0 Å². The lowest BCUT2D eigenvalue weighted by Crippen LogP contribution is -2.46. The molecule has 2 aromatic rings. The van der Waals surface area contributed by atoms with Gasteiger partial charge in [-0.15, -0.1) is 0 Å². The zero-order valence-electron chi connectivity index (χ0n) is 16.6. The van der Waals surface area contributed by atoms with Crippen molar-refractivity contribution in [2.45, 2.75) is 39.8 Å². The molecule has 1 aliphatic rings. The maximum atomic E-state index is 13.2. The maximum Gasteiger partial charge on any atom is 0.263 e. The molecule has 1 aliphatic heterocycles. The van der Waals surface area contributed by atoms with Gasteiger partial charge < -0.3 is 9.88 Å². The number of H-pyrrole nitrogens is 1. The number of aromatic nitrogens is 2. The number of hydrogen-bond acceptors (Lipinski definition) is 4. The van der Waals surface area contributed by atoms with Crippen molar-refractivity contribution in [3.8, 4) is 0 Å². The molecule has 1 atom stereocenters. The Balaban J connectivity index is 1.79. The molecule has 1 fully saturated rings. The van der Waals surface area contributed by atoms with Crippen molar-refractivity contribution >= 4 is 5.91 Å². The Morgan fingerprint density at radius 1 is 1.29 bits per heavy atom. The number of halogens is 1. The van der Waals surface area contributed by atoms with E-state index in [4.69, 9.17) is 0 Å². The minimum atomic E-state index is -0.397. The van der Waals surface area contributed by atoms with Crippen LogP contribution in [0.5, 0.6) is 0 Å². The average Bonchev–Trinajstić information content (AvgIpc) is 2.86. The summed E-state index contributed by atoms with van der Waals surface area (Å²) in [5, 5.41) is 0. The highest BCUT2D eigenvalue weighted by Gasteiger charge is 2.30. The van der Waals surface area contributed by atoms with E-state index < -0.39 is 5.56 Å². The van der Waals surface area contributed by atoms with E-state index in [2.05, 4.69) is 28.7 Å². The summed E-state index contributed by atoms with van der Waals surface area (Å²) in [5.74, 6) is 0.294. The first-order chi connectivity index (χ1) is 13.3. The third-order valence-electron chi connectivity index (χ3n) is 5.26. The van der Waals surface area contributed by atoms with Gasteiger partial charge in [-0.1, -0.05) is 26.0 Å². The highest BCUT2D eigenvalue weighted by Crippen LogP contribution is 2.21. The maximum absolute atomic E-state index is 13.2. The molecule has 28 heavy (non-hydrogen) atoms. The Hall–Kier alpha value is -2.54. The number of nitrogens with one attached hydrogen (secondary N) is 1. The number of benzene rings is 1. The summed E-state index contributed by atoms with van der Waals surface area (Å²) in [6, 6.07) is 6.71. The summed E-state index contributed by atoms with van der Waals surface area (Å²) in [4.78, 5) is 35.9. The fourth-order valence-electron chi connectivity index (χ4n) is 3.71. The fraction of sp³-hybridized carbons (Fsp3) is 0.476. The van der Waals surface area contributed by atoms with Crippen molar-refractivity contribution in [3.63, 3.8) is 0 Å². The summed E-state index contributed by atoms with van der Waals surface area (Å²) >= 11 is 0. The van der Waals surface area contributed by atoms with Crippen LogP contribution in [0.15, 0.2) is 35.3 Å². The van der Waals surface area contributed by atoms with Gasteiger partial charge in [0.05, 0.1) is 0 Å². The van der Waals surface area contributed by atoms with Crippen LogP contribution in [0, 0.1) is 18.7 Å². The van der Waals surface area contributed by atoms with E-state index in [0.717, 1.165) is 18.5 Å². The number of nitrogens with zero attached hydrogens (tertiary/aromatic N) is 3. The molecular weight excluding hydrogens is 359 g/mol. The van der Waals surface area contributed by atoms with Gasteiger partial charge in [0.15, 0.2) is 0 Å². The third kappa shape index (κ3) is 4.65. The molecule has 1 aromatic carbocycles. The minimum Gasteiger partial charge on any atom is -0.337 e. The molecular formula is C21H27FN4O2. The first-order valence-electron chi connectivity index (χ1n) is 9.69. The Morgan fingerprint density at radius 2 is 2.00 bits per heavy atom. The van der Waals surface area contributed by atoms with Gasteiger partial charge in [-0.3, -0.25) is 14.5 Å². The summed E-state index contributed by atoms with van der Waals surface area (Å²) in [6.45, 7) is 8.64. The van der Waals surface area contributed by atoms with E-state index in [1.165, 1.54) is 18.3 Å². The van der Waals surface area contributed by atoms with Gasteiger partial charge in [0.2, 0.25) is 0 Å². The quantitative estimate of drug-likeness (QED) is 0.877. The van der Waals surface area contributed by atoms with Crippen molar-refractivity contribution < 1.29 is 9.18 Å². The number of aromatic amines is 1. The Morgan fingerprint density at radius 3 is 2.64 bits per heavy atom. The number of carbonyl (C=O) groups is 1. The van der Waals surface area contributed by atoms with E-state index >= 15 is 0 Å². The molecule has 0 radical (unpaired) electrons. The van der Waals surface area contributed by atoms with E-state index in [1.807, 2.05) is 0 Å². The van der Waals surface area contributed by atoms with Crippen LogP contribution in [0.3, 0.4) is 0 Å². The second-order valence-electron chi connectivity index (χ2n) is 7.72. The smallest absolute Gasteiger partial charge is 0.263 e. The molecule has 0 aliphatic carbocycles. The normalized spacial score (nSPS) is 18.3. The molecule has 150 valence electrons. The fourth-order valence-corrected chi connectivity index (χ4v) is 3.71. The van der Waals surface area contributed by atoms with Crippen LogP contribution >= 0.6 is 0 Å². The first-order valence-corrected chi connectivity index (χ1v) is 9.69. The van der Waals surface area contributed by atoms with Crippen LogP contribution in [0.2, 0.25) is 0 Å². The summed E-state index contributed by atoms with van der Waals surface area (Å²) in [5.41, 5.74) is 0.733. The van der Waals surface area contributed by atoms with Gasteiger partial charge in [0, 0.05) is 38.4 Å². The van der Waals surface area contributed by atoms with Crippen molar-refractivity contribution in [3.05, 3.63) is 63.6 Å². The van der Waals surface area contributed by atoms with Crippen molar-refractivity contribution in [1.29, 1.82) is 0 Å². The Labute approximate surface area is 164 Å². The second kappa shape index (κ2) is 8.65. The highest BCUT2D eigenvalue weighted by molar-refractivity contribution is 5.93. The number of amides is 1. The van der Waals surface area contributed by atoms with Crippen molar-refractivity contribution in [2.75, 3.05) is 19.6 Å². The molecule has 1 amide bonds. The van der Waals surface area contributed by atoms with Gasteiger partial charge in [-0.25, -0.2) is 9.37 Å². The molecule has 0 unspecified atom stereocenters. The lowest BCUT2D eigenvalue weighted by molar-refractivity contribution is 0.0700. The molecule has 1 aromatic heterocycles. The summed E-state index contributed by atoms with van der Waals surface area (Å²) in [7, 11) is 0. The van der Waals surface area contributed by atoms with Crippen molar-refractivity contribution in [2.24, 2.45) is 5.92 Å². The van der Waals surface area contributed by atoms with Crippen LogP contribution < -0.4 is 5.56 Å². The van der Waals surface area contributed by atoms with Crippen LogP contribution in [-0.4, -0.2) is 51.4 Å². The topological polar surface area (TPSA) is 69.3 Å². The largest absolute Gasteiger partial charge is 0.337 e. The Bertz CT molecular complexity index is 879. The van der Waals surface area contributed by atoms with Gasteiger partial charge in [0.1, 0.15) is 17.2 Å². The minimum absolute atomic E-state index is 0.0834. The monoisotopic (exact) mass is 386 g/mol. The summed E-state index contributed by atoms with van der Waals surface area (Å²) in [6.07, 6.45) is 2.18. The van der Waals surface area contributed by atoms with Crippen LogP contribution in [0.25, 0.3) is 0 Å². The first kappa shape index (κ1) is 20.2. The molecule has 3 rings (SSSR count). The second-order valence-corrected chi connectivity index (χ2v) is 7.72. The van der Waals surface area contributed by atoms with Gasteiger partial charge in [-0.2, -0.15) is 0 Å². The van der Waals surface area contributed by atoms with E-state index in [0.29, 0.717) is 31.4 Å². The number of hydrogen-bond donors (Lipinski definition) is 1. The standard InChI is InChI=1S/C21H27FN4O2/c1-14(2)19-13-26(21(28)18-11-23-15(3)24-20(18)27)10-4-9-25(19)12-16-5-7-17(22)8-6-16/h5-8,11,14,19H,4,9-10,12-13H2,1-3H3,(H,23,24,27)/t19-/m1/s1. The Kier molecular flexibility index (Phi) is 6.24. The summed E-state index contributed by atoms with van der Waals surface area (Å²) < 4.78 is 13.2. The zero-order chi connectivity index (χ0) is 20.3. The van der Waals surface area contributed by atoms with Crippen LogP contribution in [0.1, 0.15) is 42.0 Å². The van der Waals surface area contributed by atoms with Crippen molar-refractivity contribution in [1.82, 2.24) is 19.8 Å². The molecule has 1 N–H and O–H groups in total. The molecule has 7 heteroatoms. The zero-order valence-corrected chi connectivity index (χ0v) is 16.6. The van der Waals surface area contributed by atoms with Gasteiger partial charge in [0.25, 0.3) is 11.5 Å². The predicted octanol–water partition coefficient (Wildman–Crippen LogP) is 2.59. The molecule has 1 saturated heterocycles. The average molecular weight is 386 g/mol. The number of rotatable bonds is 4. The van der Waals surface area contributed by atoms with Crippen LogP contribution in [0.4, 0.5) is 4.39 Å².